The average Bonchev–Trinajstić information content (AvgIpc) is 2.29. The van der Waals surface area contributed by atoms with Crippen LogP contribution in [0.25, 0.3) is 0 Å². The first-order valence-electron chi connectivity index (χ1n) is 3.83. The van der Waals surface area contributed by atoms with Gasteiger partial charge >= 0.3 is 0 Å². The van der Waals surface area contributed by atoms with E-state index in [0.29, 0.717) is 5.17 Å². The van der Waals surface area contributed by atoms with Gasteiger partial charge in [-0.15, -0.1) is 5.10 Å². The van der Waals surface area contributed by atoms with Crippen LogP contribution in [0.5, 0.6) is 0 Å². The molecule has 0 aliphatic carbocycles. The monoisotopic (exact) mass is 201 g/mol. The highest BCUT2D eigenvalue weighted by molar-refractivity contribution is 8.14. The number of nitrogens with one attached hydrogen (secondary N) is 1. The standard InChI is InChI=1S/C7H11N3O2S/c1-4(11)8-7-9-10(5(2)12)6(3)13-7/h6H,1-3H3,(H,8,9,11)/t6-/m1/s1. The summed E-state index contributed by atoms with van der Waals surface area (Å²) in [7, 11) is 0. The minimum absolute atomic E-state index is 0.0423. The van der Waals surface area contributed by atoms with Crippen molar-refractivity contribution in [3.05, 3.63) is 0 Å². The van der Waals surface area contributed by atoms with E-state index in [1.165, 1.54) is 30.6 Å². The molecular weight excluding hydrogens is 190 g/mol. The van der Waals surface area contributed by atoms with Crippen LogP contribution in [0.4, 0.5) is 0 Å². The number of carbonyl (C=O) groups excluding carboxylic acids is 2. The van der Waals surface area contributed by atoms with Gasteiger partial charge in [0, 0.05) is 13.8 Å². The van der Waals surface area contributed by atoms with Gasteiger partial charge in [0.1, 0.15) is 5.37 Å². The molecule has 0 spiro atoms. The molecule has 0 saturated carbocycles. The number of carbonyl (C=O) groups is 2. The molecule has 2 amide bonds. The molecule has 0 fully saturated rings. The van der Waals surface area contributed by atoms with Gasteiger partial charge in [0.15, 0.2) is 5.17 Å². The lowest BCUT2D eigenvalue weighted by Gasteiger charge is -2.12. The van der Waals surface area contributed by atoms with Crippen molar-refractivity contribution in [2.45, 2.75) is 26.1 Å². The maximum absolute atomic E-state index is 11.0. The van der Waals surface area contributed by atoms with Crippen LogP contribution in [-0.4, -0.2) is 27.4 Å². The molecule has 1 aliphatic rings. The Labute approximate surface area is 80.5 Å². The fourth-order valence-corrected chi connectivity index (χ4v) is 1.90. The molecule has 1 N–H and O–H groups in total. The van der Waals surface area contributed by atoms with Crippen LogP contribution >= 0.6 is 11.8 Å². The van der Waals surface area contributed by atoms with Gasteiger partial charge in [-0.05, 0) is 6.92 Å². The first kappa shape index (κ1) is 10.0. The number of amides is 2. The lowest BCUT2D eigenvalue weighted by Crippen LogP contribution is -2.26. The lowest BCUT2D eigenvalue weighted by atomic mass is 10.6. The van der Waals surface area contributed by atoms with Gasteiger partial charge in [0.2, 0.25) is 11.8 Å². The Balaban J connectivity index is 2.66. The summed E-state index contributed by atoms with van der Waals surface area (Å²) in [5, 5.41) is 8.26. The van der Waals surface area contributed by atoms with E-state index >= 15 is 0 Å². The van der Waals surface area contributed by atoms with E-state index in [4.69, 9.17) is 0 Å². The van der Waals surface area contributed by atoms with Crippen molar-refractivity contribution in [2.24, 2.45) is 5.10 Å². The minimum atomic E-state index is -0.177. The molecule has 0 aromatic heterocycles. The van der Waals surface area contributed by atoms with Gasteiger partial charge in [-0.25, -0.2) is 5.01 Å². The molecule has 5 nitrogen and oxygen atoms in total. The van der Waals surface area contributed by atoms with Crippen LogP contribution in [0.3, 0.4) is 0 Å². The van der Waals surface area contributed by atoms with Crippen LogP contribution in [0.1, 0.15) is 20.8 Å². The zero-order valence-corrected chi connectivity index (χ0v) is 8.51. The molecule has 1 aliphatic heterocycles. The van der Waals surface area contributed by atoms with Crippen molar-refractivity contribution in [3.8, 4) is 0 Å². The molecule has 72 valence electrons. The normalized spacial score (nSPS) is 21.3. The van der Waals surface area contributed by atoms with Gasteiger partial charge < -0.3 is 5.32 Å². The van der Waals surface area contributed by atoms with Gasteiger partial charge in [0.25, 0.3) is 0 Å². The van der Waals surface area contributed by atoms with Gasteiger partial charge in [-0.3, -0.25) is 9.59 Å². The van der Waals surface area contributed by atoms with Gasteiger partial charge in [0.05, 0.1) is 0 Å². The van der Waals surface area contributed by atoms with E-state index in [2.05, 4.69) is 10.4 Å². The van der Waals surface area contributed by atoms with E-state index in [0.717, 1.165) is 0 Å². The number of hydrogen-bond donors (Lipinski definition) is 1. The SMILES string of the molecule is CC(=O)NC1=NN(C(C)=O)[C@@H](C)S1. The Hall–Kier alpha value is -1.04. The van der Waals surface area contributed by atoms with Crippen LogP contribution < -0.4 is 5.32 Å². The number of thioether (sulfide) groups is 1. The molecule has 1 rings (SSSR count). The fourth-order valence-electron chi connectivity index (χ4n) is 0.946. The topological polar surface area (TPSA) is 61.8 Å². The zero-order chi connectivity index (χ0) is 10.0. The van der Waals surface area contributed by atoms with Crippen LogP contribution in [0.2, 0.25) is 0 Å². The third kappa shape index (κ3) is 2.45. The first-order valence-corrected chi connectivity index (χ1v) is 4.71. The van der Waals surface area contributed by atoms with Crippen molar-refractivity contribution in [1.29, 1.82) is 0 Å². The summed E-state index contributed by atoms with van der Waals surface area (Å²) in [6.45, 7) is 4.70. The molecule has 0 aromatic rings. The van der Waals surface area contributed by atoms with Crippen molar-refractivity contribution < 1.29 is 9.59 Å². The number of amidine groups is 1. The second kappa shape index (κ2) is 3.78. The Kier molecular flexibility index (Phi) is 2.92. The molecule has 0 bridgehead atoms. The van der Waals surface area contributed by atoms with Gasteiger partial charge in [-0.2, -0.15) is 0 Å². The zero-order valence-electron chi connectivity index (χ0n) is 7.70. The highest BCUT2D eigenvalue weighted by Crippen LogP contribution is 2.23. The Morgan fingerprint density at radius 3 is 2.54 bits per heavy atom. The molecular formula is C7H11N3O2S. The molecule has 0 unspecified atom stereocenters. The minimum Gasteiger partial charge on any atom is -0.304 e. The summed E-state index contributed by atoms with van der Waals surface area (Å²) in [4.78, 5) is 21.7. The first-order chi connectivity index (χ1) is 6.00. The Bertz CT molecular complexity index is 277. The van der Waals surface area contributed by atoms with Crippen molar-refractivity contribution in [1.82, 2.24) is 10.3 Å². The van der Waals surface area contributed by atoms with E-state index in [1.807, 2.05) is 6.92 Å². The van der Waals surface area contributed by atoms with Crippen molar-refractivity contribution in [3.63, 3.8) is 0 Å². The highest BCUT2D eigenvalue weighted by atomic mass is 32.2. The van der Waals surface area contributed by atoms with E-state index in [1.54, 1.807) is 0 Å². The molecule has 0 saturated heterocycles. The molecule has 6 heteroatoms. The number of hydrazone groups is 1. The van der Waals surface area contributed by atoms with E-state index in [-0.39, 0.29) is 17.2 Å². The quantitative estimate of drug-likeness (QED) is 0.614. The van der Waals surface area contributed by atoms with Crippen LogP contribution in [-0.2, 0) is 9.59 Å². The molecule has 0 radical (unpaired) electrons. The predicted octanol–water partition coefficient (Wildman–Crippen LogP) is 0.335. The largest absolute Gasteiger partial charge is 0.304 e. The predicted molar refractivity (Wildman–Crippen MR) is 50.8 cm³/mol. The summed E-state index contributed by atoms with van der Waals surface area (Å²) in [5.41, 5.74) is 0. The Morgan fingerprint density at radius 1 is 1.54 bits per heavy atom. The summed E-state index contributed by atoms with van der Waals surface area (Å²) < 4.78 is 0. The summed E-state index contributed by atoms with van der Waals surface area (Å²) in [6.07, 6.45) is 0. The second-order valence-corrected chi connectivity index (χ2v) is 3.97. The summed E-state index contributed by atoms with van der Waals surface area (Å²) >= 11 is 1.35. The lowest BCUT2D eigenvalue weighted by molar-refractivity contribution is -0.129. The number of hydrogen-bond acceptors (Lipinski definition) is 4. The van der Waals surface area contributed by atoms with Crippen molar-refractivity contribution >= 4 is 28.7 Å². The fraction of sp³-hybridized carbons (Fsp3) is 0.571. The molecule has 1 atom stereocenters. The average molecular weight is 201 g/mol. The van der Waals surface area contributed by atoms with Gasteiger partial charge in [-0.1, -0.05) is 11.8 Å². The third-order valence-corrected chi connectivity index (χ3v) is 2.38. The van der Waals surface area contributed by atoms with Crippen LogP contribution in [0.15, 0.2) is 5.10 Å². The molecule has 13 heavy (non-hydrogen) atoms. The Morgan fingerprint density at radius 2 is 2.15 bits per heavy atom. The summed E-state index contributed by atoms with van der Waals surface area (Å²) in [5.74, 6) is -0.302. The third-order valence-electron chi connectivity index (χ3n) is 1.43. The molecule has 0 aromatic carbocycles. The smallest absolute Gasteiger partial charge is 0.240 e. The van der Waals surface area contributed by atoms with Crippen LogP contribution in [0, 0.1) is 0 Å². The summed E-state index contributed by atoms with van der Waals surface area (Å²) in [6, 6.07) is 0. The number of rotatable bonds is 0. The maximum atomic E-state index is 11.0. The van der Waals surface area contributed by atoms with E-state index in [9.17, 15) is 9.59 Å². The highest BCUT2D eigenvalue weighted by Gasteiger charge is 2.26. The van der Waals surface area contributed by atoms with Crippen molar-refractivity contribution in [2.75, 3.05) is 0 Å². The molecule has 1 heterocycles. The number of nitrogens with zero attached hydrogens (tertiary/aromatic N) is 2. The second-order valence-electron chi connectivity index (χ2n) is 2.67. The van der Waals surface area contributed by atoms with E-state index < -0.39 is 0 Å². The maximum Gasteiger partial charge on any atom is 0.240 e.